The van der Waals surface area contributed by atoms with Gasteiger partial charge >= 0.3 is 6.16 Å². The Hall–Kier alpha value is -3.02. The van der Waals surface area contributed by atoms with E-state index in [4.69, 9.17) is 0 Å². The van der Waals surface area contributed by atoms with Crippen LogP contribution in [0.3, 0.4) is 0 Å². The molecule has 1 aliphatic heterocycles. The van der Waals surface area contributed by atoms with Gasteiger partial charge in [0.2, 0.25) is 0 Å². The second kappa shape index (κ2) is 7.25. The van der Waals surface area contributed by atoms with Gasteiger partial charge in [0.15, 0.2) is 9.84 Å². The normalized spacial score (nSPS) is 14.5. The molecule has 1 heterocycles. The van der Waals surface area contributed by atoms with Crippen LogP contribution in [0.5, 0.6) is 0 Å². The van der Waals surface area contributed by atoms with Crippen LogP contribution < -0.4 is 0 Å². The molecule has 0 aliphatic carbocycles. The van der Waals surface area contributed by atoms with Crippen molar-refractivity contribution in [3.05, 3.63) is 34.4 Å². The molecule has 2 amide bonds. The van der Waals surface area contributed by atoms with E-state index in [-0.39, 0.29) is 28.5 Å². The minimum atomic E-state index is -3.85. The van der Waals surface area contributed by atoms with Gasteiger partial charge in [-0.25, -0.2) is 13.2 Å². The Kier molecular flexibility index (Phi) is 5.32. The Morgan fingerprint density at radius 2 is 1.72 bits per heavy atom. The first-order chi connectivity index (χ1) is 11.7. The van der Waals surface area contributed by atoms with Gasteiger partial charge in [-0.1, -0.05) is 5.06 Å². The van der Waals surface area contributed by atoms with E-state index >= 15 is 0 Å². The molecule has 11 nitrogen and oxygen atoms in total. The zero-order valence-corrected chi connectivity index (χ0v) is 13.4. The van der Waals surface area contributed by atoms with Gasteiger partial charge < -0.3 is 4.74 Å². The van der Waals surface area contributed by atoms with E-state index in [0.29, 0.717) is 0 Å². The molecule has 0 saturated carbocycles. The van der Waals surface area contributed by atoms with E-state index in [1.165, 1.54) is 0 Å². The Morgan fingerprint density at radius 1 is 1.16 bits per heavy atom. The van der Waals surface area contributed by atoms with Crippen LogP contribution in [0.2, 0.25) is 0 Å². The number of rotatable bonds is 6. The molecule has 0 aromatic heterocycles. The molecule has 0 unspecified atom stereocenters. The van der Waals surface area contributed by atoms with Crippen molar-refractivity contribution in [3.8, 4) is 0 Å². The number of imide groups is 1. The first-order valence-electron chi connectivity index (χ1n) is 6.88. The second-order valence-electron chi connectivity index (χ2n) is 4.84. The van der Waals surface area contributed by atoms with Crippen molar-refractivity contribution in [1.29, 1.82) is 0 Å². The number of benzene rings is 1. The van der Waals surface area contributed by atoms with Crippen molar-refractivity contribution in [2.75, 3.05) is 12.4 Å². The first kappa shape index (κ1) is 18.3. The van der Waals surface area contributed by atoms with Crippen LogP contribution >= 0.6 is 0 Å². The lowest BCUT2D eigenvalue weighted by Gasteiger charge is -2.12. The minimum Gasteiger partial charge on any atom is -0.432 e. The average Bonchev–Trinajstić information content (AvgIpc) is 2.86. The van der Waals surface area contributed by atoms with Crippen LogP contribution in [0.4, 0.5) is 10.5 Å². The highest BCUT2D eigenvalue weighted by molar-refractivity contribution is 7.91. The fourth-order valence-corrected chi connectivity index (χ4v) is 2.98. The molecule has 1 aliphatic rings. The fraction of sp³-hybridized carbons (Fsp3) is 0.308. The van der Waals surface area contributed by atoms with E-state index in [1.54, 1.807) is 0 Å². The molecule has 0 spiro atoms. The zero-order chi connectivity index (χ0) is 18.6. The standard InChI is InChI=1S/C13H12N2O9S/c16-11-5-6-12(17)14(11)24-13(18)23-7-8-25(21,22)10-3-1-9(2-4-10)15(19)20/h1-4H,5-8H2. The Bertz CT molecular complexity index is 800. The summed E-state index contributed by atoms with van der Waals surface area (Å²) in [7, 11) is -3.85. The van der Waals surface area contributed by atoms with Crippen molar-refractivity contribution in [3.63, 3.8) is 0 Å². The van der Waals surface area contributed by atoms with Crippen LogP contribution in [-0.2, 0) is 29.0 Å². The van der Waals surface area contributed by atoms with Gasteiger partial charge in [-0.3, -0.25) is 24.5 Å². The van der Waals surface area contributed by atoms with Crippen LogP contribution in [0.1, 0.15) is 12.8 Å². The molecule has 1 aromatic carbocycles. The molecule has 0 radical (unpaired) electrons. The molecule has 134 valence electrons. The number of non-ortho nitro benzene ring substituents is 1. The summed E-state index contributed by atoms with van der Waals surface area (Å²) in [4.78, 5) is 47.9. The average molecular weight is 372 g/mol. The molecule has 1 saturated heterocycles. The summed E-state index contributed by atoms with van der Waals surface area (Å²) in [5, 5.41) is 10.8. The van der Waals surface area contributed by atoms with E-state index in [2.05, 4.69) is 9.57 Å². The smallest absolute Gasteiger partial charge is 0.432 e. The number of hydrogen-bond acceptors (Lipinski definition) is 9. The number of nitro benzene ring substituents is 1. The molecule has 0 N–H and O–H groups in total. The van der Waals surface area contributed by atoms with Crippen LogP contribution in [0, 0.1) is 10.1 Å². The van der Waals surface area contributed by atoms with Crippen molar-refractivity contribution in [1.82, 2.24) is 5.06 Å². The fourth-order valence-electron chi connectivity index (χ4n) is 1.89. The highest BCUT2D eigenvalue weighted by Crippen LogP contribution is 2.17. The molecule has 0 atom stereocenters. The lowest BCUT2D eigenvalue weighted by atomic mass is 10.3. The predicted octanol–water partition coefficient (Wildman–Crippen LogP) is 0.586. The maximum absolute atomic E-state index is 12.0. The Labute approximate surface area is 141 Å². The van der Waals surface area contributed by atoms with E-state index in [9.17, 15) is 32.9 Å². The van der Waals surface area contributed by atoms with Gasteiger partial charge in [0.1, 0.15) is 6.61 Å². The first-order valence-corrected chi connectivity index (χ1v) is 8.53. The third-order valence-electron chi connectivity index (χ3n) is 3.15. The van der Waals surface area contributed by atoms with Crippen molar-refractivity contribution in [2.24, 2.45) is 0 Å². The van der Waals surface area contributed by atoms with Crippen LogP contribution in [0.15, 0.2) is 29.2 Å². The maximum atomic E-state index is 12.0. The summed E-state index contributed by atoms with van der Waals surface area (Å²) < 4.78 is 28.6. The zero-order valence-electron chi connectivity index (χ0n) is 12.6. The van der Waals surface area contributed by atoms with Crippen molar-refractivity contribution < 1.29 is 37.3 Å². The topological polar surface area (TPSA) is 150 Å². The third kappa shape index (κ3) is 4.50. The monoisotopic (exact) mass is 372 g/mol. The molecule has 1 fully saturated rings. The van der Waals surface area contributed by atoms with E-state index in [1.807, 2.05) is 0 Å². The number of sulfone groups is 1. The lowest BCUT2D eigenvalue weighted by molar-refractivity contribution is -0.384. The SMILES string of the molecule is O=C(OCCS(=O)(=O)c1ccc([N+](=O)[O-])cc1)ON1C(=O)CCC1=O. The van der Waals surface area contributed by atoms with E-state index < -0.39 is 45.1 Å². The van der Waals surface area contributed by atoms with Gasteiger partial charge in [0, 0.05) is 25.0 Å². The number of nitrogens with zero attached hydrogens (tertiary/aromatic N) is 2. The summed E-state index contributed by atoms with van der Waals surface area (Å²) >= 11 is 0. The van der Waals surface area contributed by atoms with Gasteiger partial charge in [-0.15, -0.1) is 0 Å². The molecular weight excluding hydrogens is 360 g/mol. The number of amides is 2. The highest BCUT2D eigenvalue weighted by atomic mass is 32.2. The molecule has 2 rings (SSSR count). The number of carbonyl (C=O) groups excluding carboxylic acids is 3. The summed E-state index contributed by atoms with van der Waals surface area (Å²) in [6.07, 6.45) is -1.55. The number of nitro groups is 1. The van der Waals surface area contributed by atoms with Crippen LogP contribution in [0.25, 0.3) is 0 Å². The maximum Gasteiger partial charge on any atom is 0.533 e. The summed E-state index contributed by atoms with van der Waals surface area (Å²) in [6.45, 7) is -0.589. The minimum absolute atomic E-state index is 0.0827. The quantitative estimate of drug-likeness (QED) is 0.302. The van der Waals surface area contributed by atoms with Gasteiger partial charge in [0.05, 0.1) is 15.6 Å². The van der Waals surface area contributed by atoms with Crippen molar-refractivity contribution in [2.45, 2.75) is 17.7 Å². The van der Waals surface area contributed by atoms with Crippen LogP contribution in [-0.4, -0.2) is 48.7 Å². The Morgan fingerprint density at radius 3 is 2.24 bits per heavy atom. The molecular formula is C13H12N2O9S. The van der Waals surface area contributed by atoms with Gasteiger partial charge in [-0.05, 0) is 12.1 Å². The number of hydrogen-bond donors (Lipinski definition) is 0. The summed E-state index contributed by atoms with van der Waals surface area (Å²) in [5.74, 6) is -2.00. The van der Waals surface area contributed by atoms with Crippen molar-refractivity contribution >= 4 is 33.5 Å². The molecule has 12 heteroatoms. The lowest BCUT2D eigenvalue weighted by Crippen LogP contribution is -2.32. The van der Waals surface area contributed by atoms with Gasteiger partial charge in [0.25, 0.3) is 17.5 Å². The largest absolute Gasteiger partial charge is 0.533 e. The van der Waals surface area contributed by atoms with Gasteiger partial charge in [-0.2, -0.15) is 0 Å². The summed E-state index contributed by atoms with van der Waals surface area (Å²) in [5.41, 5.74) is -0.265. The number of carbonyl (C=O) groups is 3. The predicted molar refractivity (Wildman–Crippen MR) is 78.7 cm³/mol. The number of hydroxylamine groups is 2. The Balaban J connectivity index is 1.87. The summed E-state index contributed by atoms with van der Waals surface area (Å²) in [6, 6.07) is 4.19. The highest BCUT2D eigenvalue weighted by Gasteiger charge is 2.33. The molecule has 1 aromatic rings. The number of ether oxygens (including phenoxy) is 1. The van der Waals surface area contributed by atoms with E-state index in [0.717, 1.165) is 24.3 Å². The molecule has 0 bridgehead atoms. The molecule has 25 heavy (non-hydrogen) atoms. The third-order valence-corrected chi connectivity index (χ3v) is 4.84. The second-order valence-corrected chi connectivity index (χ2v) is 6.95.